The van der Waals surface area contributed by atoms with E-state index in [0.717, 1.165) is 18.2 Å². The second kappa shape index (κ2) is 4.57. The Balaban J connectivity index is 2.06. The van der Waals surface area contributed by atoms with Gasteiger partial charge in [0.05, 0.1) is 6.20 Å². The molecule has 2 N–H and O–H groups in total. The molecule has 0 aliphatic heterocycles. The third-order valence-electron chi connectivity index (χ3n) is 3.11. The summed E-state index contributed by atoms with van der Waals surface area (Å²) in [6.07, 6.45) is 4.97. The van der Waals surface area contributed by atoms with Crippen molar-refractivity contribution in [3.05, 3.63) is 29.8 Å². The summed E-state index contributed by atoms with van der Waals surface area (Å²) in [7, 11) is 0. The standard InChI is InChI=1S/C11H13FN2O2/c12-10-4-9(5-13-6-10)7-1-2-8(3-7)11(15)14-16/h4-8,16H,1-3H2,(H,14,15). The van der Waals surface area contributed by atoms with E-state index in [4.69, 9.17) is 5.21 Å². The highest BCUT2D eigenvalue weighted by Crippen LogP contribution is 2.38. The minimum atomic E-state index is -0.355. The van der Waals surface area contributed by atoms with E-state index in [9.17, 15) is 9.18 Å². The van der Waals surface area contributed by atoms with Gasteiger partial charge in [0, 0.05) is 12.1 Å². The van der Waals surface area contributed by atoms with Crippen molar-refractivity contribution in [1.29, 1.82) is 0 Å². The molecule has 2 unspecified atom stereocenters. The van der Waals surface area contributed by atoms with Gasteiger partial charge in [0.2, 0.25) is 5.91 Å². The van der Waals surface area contributed by atoms with Crippen LogP contribution in [0.15, 0.2) is 18.5 Å². The van der Waals surface area contributed by atoms with Gasteiger partial charge in [-0.15, -0.1) is 0 Å². The maximum absolute atomic E-state index is 13.0. The molecular formula is C11H13FN2O2. The van der Waals surface area contributed by atoms with E-state index in [0.29, 0.717) is 12.8 Å². The van der Waals surface area contributed by atoms with Crippen LogP contribution in [0.4, 0.5) is 4.39 Å². The van der Waals surface area contributed by atoms with Crippen LogP contribution in [0.5, 0.6) is 0 Å². The Morgan fingerprint density at radius 1 is 1.50 bits per heavy atom. The van der Waals surface area contributed by atoms with E-state index in [1.54, 1.807) is 11.7 Å². The van der Waals surface area contributed by atoms with Gasteiger partial charge in [-0.05, 0) is 36.8 Å². The molecule has 1 aromatic rings. The summed E-state index contributed by atoms with van der Waals surface area (Å²) < 4.78 is 13.0. The van der Waals surface area contributed by atoms with E-state index >= 15 is 0 Å². The molecule has 86 valence electrons. The van der Waals surface area contributed by atoms with Gasteiger partial charge >= 0.3 is 0 Å². The fourth-order valence-corrected chi connectivity index (χ4v) is 2.27. The van der Waals surface area contributed by atoms with Crippen molar-refractivity contribution in [1.82, 2.24) is 10.5 Å². The van der Waals surface area contributed by atoms with Crippen molar-refractivity contribution in [2.75, 3.05) is 0 Å². The highest BCUT2D eigenvalue weighted by Gasteiger charge is 2.30. The number of hydrogen-bond acceptors (Lipinski definition) is 3. The quantitative estimate of drug-likeness (QED) is 0.592. The molecule has 0 bridgehead atoms. The van der Waals surface area contributed by atoms with E-state index in [1.165, 1.54) is 6.07 Å². The molecule has 2 rings (SSSR count). The topological polar surface area (TPSA) is 62.2 Å². The smallest absolute Gasteiger partial charge is 0.246 e. The van der Waals surface area contributed by atoms with Crippen molar-refractivity contribution >= 4 is 5.91 Å². The molecule has 0 saturated heterocycles. The fraction of sp³-hybridized carbons (Fsp3) is 0.455. The Labute approximate surface area is 92.5 Å². The van der Waals surface area contributed by atoms with E-state index in [1.807, 2.05) is 0 Å². The van der Waals surface area contributed by atoms with Crippen molar-refractivity contribution in [3.8, 4) is 0 Å². The van der Waals surface area contributed by atoms with Crippen molar-refractivity contribution in [2.24, 2.45) is 5.92 Å². The molecule has 1 fully saturated rings. The van der Waals surface area contributed by atoms with Crippen LogP contribution in [-0.4, -0.2) is 16.1 Å². The summed E-state index contributed by atoms with van der Waals surface area (Å²) in [5, 5.41) is 8.52. The van der Waals surface area contributed by atoms with Gasteiger partial charge in [0.25, 0.3) is 0 Å². The zero-order valence-corrected chi connectivity index (χ0v) is 8.69. The number of halogens is 1. The van der Waals surface area contributed by atoms with Crippen LogP contribution in [0, 0.1) is 11.7 Å². The maximum Gasteiger partial charge on any atom is 0.246 e. The minimum Gasteiger partial charge on any atom is -0.289 e. The highest BCUT2D eigenvalue weighted by atomic mass is 19.1. The Bertz CT molecular complexity index is 397. The number of nitrogens with one attached hydrogen (secondary N) is 1. The molecule has 1 aliphatic rings. The predicted octanol–water partition coefficient (Wildman–Crippen LogP) is 1.61. The first kappa shape index (κ1) is 11.0. The van der Waals surface area contributed by atoms with Gasteiger partial charge in [0.1, 0.15) is 5.82 Å². The summed E-state index contributed by atoms with van der Waals surface area (Å²) in [5.74, 6) is -0.733. The first-order valence-electron chi connectivity index (χ1n) is 5.25. The maximum atomic E-state index is 13.0. The first-order chi connectivity index (χ1) is 7.70. The predicted molar refractivity (Wildman–Crippen MR) is 54.2 cm³/mol. The van der Waals surface area contributed by atoms with Crippen LogP contribution < -0.4 is 5.48 Å². The number of aromatic nitrogens is 1. The second-order valence-electron chi connectivity index (χ2n) is 4.12. The molecule has 1 aromatic heterocycles. The van der Waals surface area contributed by atoms with Crippen LogP contribution in [0.25, 0.3) is 0 Å². The molecule has 4 nitrogen and oxygen atoms in total. The monoisotopic (exact) mass is 224 g/mol. The molecule has 16 heavy (non-hydrogen) atoms. The SMILES string of the molecule is O=C(NO)C1CCC(c2cncc(F)c2)C1. The number of hydroxylamine groups is 1. The first-order valence-corrected chi connectivity index (χ1v) is 5.25. The molecular weight excluding hydrogens is 211 g/mol. The van der Waals surface area contributed by atoms with Crippen molar-refractivity contribution in [2.45, 2.75) is 25.2 Å². The number of carbonyl (C=O) groups excluding carboxylic acids is 1. The lowest BCUT2D eigenvalue weighted by Crippen LogP contribution is -2.26. The molecule has 0 aromatic carbocycles. The third kappa shape index (κ3) is 2.19. The number of rotatable bonds is 2. The molecule has 1 heterocycles. The van der Waals surface area contributed by atoms with Crippen LogP contribution >= 0.6 is 0 Å². The van der Waals surface area contributed by atoms with E-state index in [-0.39, 0.29) is 23.6 Å². The molecule has 0 radical (unpaired) electrons. The van der Waals surface area contributed by atoms with Gasteiger partial charge in [-0.25, -0.2) is 9.87 Å². The summed E-state index contributed by atoms with van der Waals surface area (Å²) in [5.41, 5.74) is 2.49. The summed E-state index contributed by atoms with van der Waals surface area (Å²) in [4.78, 5) is 15.0. The second-order valence-corrected chi connectivity index (χ2v) is 4.12. The molecule has 1 amide bonds. The Morgan fingerprint density at radius 3 is 3.00 bits per heavy atom. The van der Waals surface area contributed by atoms with Crippen LogP contribution in [0.2, 0.25) is 0 Å². The van der Waals surface area contributed by atoms with E-state index < -0.39 is 0 Å². The molecule has 0 spiro atoms. The summed E-state index contributed by atoms with van der Waals surface area (Å²) in [6, 6.07) is 1.46. The average molecular weight is 224 g/mol. The molecule has 1 aliphatic carbocycles. The number of pyridine rings is 1. The van der Waals surface area contributed by atoms with Gasteiger partial charge in [-0.1, -0.05) is 0 Å². The van der Waals surface area contributed by atoms with Crippen LogP contribution in [0.1, 0.15) is 30.7 Å². The molecule has 1 saturated carbocycles. The Kier molecular flexibility index (Phi) is 3.14. The number of nitrogens with zero attached hydrogens (tertiary/aromatic N) is 1. The van der Waals surface area contributed by atoms with Crippen LogP contribution in [-0.2, 0) is 4.79 Å². The highest BCUT2D eigenvalue weighted by molar-refractivity contribution is 5.77. The lowest BCUT2D eigenvalue weighted by Gasteiger charge is -2.10. The van der Waals surface area contributed by atoms with E-state index in [2.05, 4.69) is 4.98 Å². The number of amides is 1. The molecule has 5 heteroatoms. The number of carbonyl (C=O) groups is 1. The van der Waals surface area contributed by atoms with Gasteiger partial charge < -0.3 is 0 Å². The zero-order valence-electron chi connectivity index (χ0n) is 8.69. The van der Waals surface area contributed by atoms with Gasteiger partial charge in [0.15, 0.2) is 0 Å². The largest absolute Gasteiger partial charge is 0.289 e. The van der Waals surface area contributed by atoms with Crippen molar-refractivity contribution < 1.29 is 14.4 Å². The molecule has 2 atom stereocenters. The Morgan fingerprint density at radius 2 is 2.31 bits per heavy atom. The summed E-state index contributed by atoms with van der Waals surface area (Å²) in [6.45, 7) is 0. The lowest BCUT2D eigenvalue weighted by atomic mass is 9.98. The lowest BCUT2D eigenvalue weighted by molar-refractivity contribution is -0.133. The van der Waals surface area contributed by atoms with Crippen LogP contribution in [0.3, 0.4) is 0 Å². The summed E-state index contributed by atoms with van der Waals surface area (Å²) >= 11 is 0. The average Bonchev–Trinajstić information content (AvgIpc) is 2.77. The van der Waals surface area contributed by atoms with Crippen molar-refractivity contribution in [3.63, 3.8) is 0 Å². The van der Waals surface area contributed by atoms with Gasteiger partial charge in [-0.3, -0.25) is 15.0 Å². The normalized spacial score (nSPS) is 24.4. The number of hydrogen-bond donors (Lipinski definition) is 2. The Hall–Kier alpha value is -1.49. The third-order valence-corrected chi connectivity index (χ3v) is 3.11. The minimum absolute atomic E-state index is 0.158. The zero-order chi connectivity index (χ0) is 11.5. The fourth-order valence-electron chi connectivity index (χ4n) is 2.27. The van der Waals surface area contributed by atoms with Gasteiger partial charge in [-0.2, -0.15) is 0 Å².